The number of piperidine rings is 2. The first-order chi connectivity index (χ1) is 22.2. The molecule has 0 unspecified atom stereocenters. The van der Waals surface area contributed by atoms with E-state index in [4.69, 9.17) is 33.3 Å². The second-order valence-electron chi connectivity index (χ2n) is 12.3. The fraction of sp³-hybridized carbons (Fsp3) is 0.515. The molecule has 0 spiro atoms. The minimum absolute atomic E-state index is 0. The number of halogens is 2. The van der Waals surface area contributed by atoms with Crippen LogP contribution >= 0.6 is 18.8 Å². The van der Waals surface area contributed by atoms with Crippen LogP contribution in [-0.2, 0) is 51.2 Å². The van der Waals surface area contributed by atoms with Crippen molar-refractivity contribution in [1.29, 1.82) is 0 Å². The zero-order valence-corrected chi connectivity index (χ0v) is 31.1. The van der Waals surface area contributed by atoms with Gasteiger partial charge in [0.2, 0.25) is 0 Å². The number of aryl methyl sites for hydroxylation is 1. The standard InChI is InChI=1S/C33H38N4O6.2ClH.2H3N.Pt/c1-3-22-23-16-21(43-32(40)36-14-10-20(11-15-36)35-12-6-5-7-13-35)8-9-27(23)34-29-24(22)18-37-28(29)17-26-25(30(37)38)19-42-31(39)33(26,41)4-2;;;;;/h8-9,16-17,20,41H,3-7,10-15,18-19H2,1-2H3;2*1H;2*1H3;/q;;;;;+2/p-2/t33-;;;;;/m0...../s1. The second-order valence-corrected chi connectivity index (χ2v) is 15.6. The van der Waals surface area contributed by atoms with E-state index >= 15 is 0 Å². The summed E-state index contributed by atoms with van der Waals surface area (Å²) in [6, 6.07) is 7.77. The minimum atomic E-state index is -1.86. The molecule has 2 aromatic heterocycles. The molecule has 2 saturated heterocycles. The van der Waals surface area contributed by atoms with Crippen molar-refractivity contribution in [3.8, 4) is 17.1 Å². The molecule has 7 rings (SSSR count). The molecule has 0 bridgehead atoms. The molecule has 12 nitrogen and oxygen atoms in total. The number of carbonyl (C=O) groups is 2. The maximum atomic E-state index is 13.6. The van der Waals surface area contributed by atoms with Gasteiger partial charge in [0.15, 0.2) is 5.60 Å². The van der Waals surface area contributed by atoms with Gasteiger partial charge in [-0.3, -0.25) is 4.79 Å². The number of nitrogens with zero attached hydrogens (tertiary/aromatic N) is 4. The number of aliphatic hydroxyl groups is 1. The zero-order valence-electron chi connectivity index (χ0n) is 27.3. The number of likely N-dealkylation sites (tertiary alicyclic amines) is 2. The Morgan fingerprint density at radius 1 is 1.06 bits per heavy atom. The van der Waals surface area contributed by atoms with Crippen LogP contribution < -0.4 is 22.6 Å². The van der Waals surface area contributed by atoms with Gasteiger partial charge in [0.1, 0.15) is 12.4 Å². The molecule has 2 fully saturated rings. The number of pyridine rings is 2. The Kier molecular flexibility index (Phi) is 12.7. The molecule has 3 aromatic rings. The summed E-state index contributed by atoms with van der Waals surface area (Å²) >= 11 is -0.472. The fourth-order valence-corrected chi connectivity index (χ4v) is 7.47. The first kappa shape index (κ1) is 38.2. The van der Waals surface area contributed by atoms with Crippen LogP contribution in [0.25, 0.3) is 22.3 Å². The van der Waals surface area contributed by atoms with Gasteiger partial charge in [0, 0.05) is 35.6 Å². The predicted molar refractivity (Wildman–Crippen MR) is 182 cm³/mol. The number of amides is 1. The van der Waals surface area contributed by atoms with Gasteiger partial charge in [0.05, 0.1) is 29.0 Å². The summed E-state index contributed by atoms with van der Waals surface area (Å²) in [6.07, 6.45) is 6.26. The van der Waals surface area contributed by atoms with Crippen LogP contribution in [0.5, 0.6) is 5.75 Å². The van der Waals surface area contributed by atoms with E-state index in [0.29, 0.717) is 60.4 Å². The second kappa shape index (κ2) is 16.0. The van der Waals surface area contributed by atoms with Crippen molar-refractivity contribution in [2.75, 3.05) is 26.2 Å². The Labute approximate surface area is 296 Å². The monoisotopic (exact) mass is 885 g/mol. The van der Waals surface area contributed by atoms with Crippen LogP contribution in [0.1, 0.15) is 74.6 Å². The van der Waals surface area contributed by atoms with Gasteiger partial charge < -0.3 is 41.2 Å². The number of ether oxygens (including phenoxy) is 2. The molecular weight excluding hydrogens is 842 g/mol. The van der Waals surface area contributed by atoms with E-state index < -0.39 is 28.1 Å². The summed E-state index contributed by atoms with van der Waals surface area (Å²) in [5, 5.41) is 12.0. The molecule has 1 amide bonds. The molecule has 1 aromatic carbocycles. The summed E-state index contributed by atoms with van der Waals surface area (Å²) in [5.41, 5.74) is 2.38. The van der Waals surface area contributed by atoms with Gasteiger partial charge in [-0.2, -0.15) is 0 Å². The number of aromatic nitrogens is 2. The van der Waals surface area contributed by atoms with Crippen LogP contribution in [0.3, 0.4) is 0 Å². The van der Waals surface area contributed by atoms with Gasteiger partial charge >= 0.3 is 47.4 Å². The Morgan fingerprint density at radius 2 is 1.75 bits per heavy atom. The third-order valence-corrected chi connectivity index (χ3v) is 9.97. The van der Waals surface area contributed by atoms with E-state index in [1.165, 1.54) is 32.4 Å². The molecule has 4 aliphatic rings. The molecule has 0 radical (unpaired) electrons. The average molecular weight is 887 g/mol. The van der Waals surface area contributed by atoms with E-state index in [0.717, 1.165) is 34.9 Å². The van der Waals surface area contributed by atoms with Gasteiger partial charge in [-0.25, -0.2) is 14.6 Å². The number of benzene rings is 1. The topological polar surface area (TPSA) is 184 Å². The van der Waals surface area contributed by atoms with Crippen molar-refractivity contribution >= 4 is 41.8 Å². The summed E-state index contributed by atoms with van der Waals surface area (Å²) in [6.45, 7) is 7.65. The van der Waals surface area contributed by atoms with Gasteiger partial charge in [-0.05, 0) is 81.4 Å². The van der Waals surface area contributed by atoms with E-state index in [2.05, 4.69) is 11.8 Å². The molecule has 15 heteroatoms. The van der Waals surface area contributed by atoms with E-state index in [9.17, 15) is 19.5 Å². The number of esters is 1. The number of hydrogen-bond donors (Lipinski definition) is 3. The number of fused-ring (bicyclic) bond motifs is 5. The SMILES string of the molecule is CCc1c2c(nc3ccc(OC(=O)N4CCC(N5CCCCC5)CC4)cc13)-c1cc3c(c(=O)n1C2)COC(=O)[C@]3(O)CC.N.N.[Cl][Pt][Cl]. The van der Waals surface area contributed by atoms with E-state index in [-0.39, 0.29) is 37.0 Å². The van der Waals surface area contributed by atoms with Crippen molar-refractivity contribution in [2.45, 2.75) is 83.6 Å². The fourth-order valence-electron chi connectivity index (χ4n) is 7.47. The molecule has 48 heavy (non-hydrogen) atoms. The van der Waals surface area contributed by atoms with E-state index in [1.807, 2.05) is 17.0 Å². The zero-order chi connectivity index (χ0) is 32.6. The van der Waals surface area contributed by atoms with Crippen molar-refractivity contribution in [3.63, 3.8) is 0 Å². The van der Waals surface area contributed by atoms with Crippen LogP contribution in [0.2, 0.25) is 0 Å². The van der Waals surface area contributed by atoms with Crippen molar-refractivity contribution in [2.24, 2.45) is 0 Å². The third kappa shape index (κ3) is 6.90. The van der Waals surface area contributed by atoms with Gasteiger partial charge in [-0.1, -0.05) is 20.3 Å². The van der Waals surface area contributed by atoms with Crippen molar-refractivity contribution in [1.82, 2.24) is 31.7 Å². The van der Waals surface area contributed by atoms with Crippen LogP contribution in [-0.4, -0.2) is 68.7 Å². The van der Waals surface area contributed by atoms with Crippen LogP contribution in [0.4, 0.5) is 4.79 Å². The Bertz CT molecular complexity index is 1730. The maximum absolute atomic E-state index is 13.6. The molecule has 4 aliphatic heterocycles. The number of carbonyl (C=O) groups excluding carboxylic acids is 2. The van der Waals surface area contributed by atoms with Gasteiger partial charge in [0.25, 0.3) is 5.56 Å². The third-order valence-electron chi connectivity index (χ3n) is 9.97. The normalized spacial score (nSPS) is 20.4. The quantitative estimate of drug-likeness (QED) is 0.212. The molecule has 266 valence electrons. The molecule has 0 aliphatic carbocycles. The summed E-state index contributed by atoms with van der Waals surface area (Å²) in [7, 11) is 9.75. The summed E-state index contributed by atoms with van der Waals surface area (Å²) in [5.74, 6) is -0.266. The van der Waals surface area contributed by atoms with Crippen LogP contribution in [0.15, 0.2) is 29.1 Å². The first-order valence-electron chi connectivity index (χ1n) is 15.9. The Balaban J connectivity index is 0.00000100. The number of hydrogen-bond acceptors (Lipinski definition) is 10. The molecular formula is C33H44Cl2N6O6Pt. The first-order valence-corrected chi connectivity index (χ1v) is 21.5. The number of rotatable bonds is 4. The predicted octanol–water partition coefficient (Wildman–Crippen LogP) is 5.79. The molecule has 0 saturated carbocycles. The summed E-state index contributed by atoms with van der Waals surface area (Å²) in [4.78, 5) is 48.5. The summed E-state index contributed by atoms with van der Waals surface area (Å²) < 4.78 is 12.7. The molecule has 7 N–H and O–H groups in total. The Hall–Kier alpha value is -2.57. The van der Waals surface area contributed by atoms with Crippen molar-refractivity contribution in [3.05, 3.63) is 56.9 Å². The van der Waals surface area contributed by atoms with Gasteiger partial charge in [-0.15, -0.1) is 0 Å². The number of cyclic esters (lactones) is 1. The van der Waals surface area contributed by atoms with E-state index in [1.54, 1.807) is 23.6 Å². The van der Waals surface area contributed by atoms with Crippen LogP contribution in [0, 0.1) is 0 Å². The average Bonchev–Trinajstić information content (AvgIpc) is 3.45. The van der Waals surface area contributed by atoms with Crippen molar-refractivity contribution < 1.29 is 40.7 Å². The molecule has 6 heterocycles. The molecule has 1 atom stereocenters. The Morgan fingerprint density at radius 3 is 2.40 bits per heavy atom.